The van der Waals surface area contributed by atoms with Gasteiger partial charge in [0, 0.05) is 0 Å². The molecule has 0 aliphatic carbocycles. The van der Waals surface area contributed by atoms with Crippen molar-refractivity contribution in [3.05, 3.63) is 35.4 Å². The summed E-state index contributed by atoms with van der Waals surface area (Å²) in [5, 5.41) is 10.2. The Morgan fingerprint density at radius 1 is 1.27 bits per heavy atom. The minimum absolute atomic E-state index is 0.0476. The van der Waals surface area contributed by atoms with E-state index in [4.69, 9.17) is 18.9 Å². The standard InChI is InChI=1S/C16H20O6/c1-9-4-6-10(7-5-9)14(18)19-8-11-12(17)13-15(20-11)22-16(2,3)21-13/h4-7,11-13,15,17H,8H2,1-3H3/t11-,12-,13-,15-/m1/s1. The number of carbonyl (C=O) groups is 1. The van der Waals surface area contributed by atoms with Crippen molar-refractivity contribution in [1.82, 2.24) is 0 Å². The molecule has 0 spiro atoms. The molecule has 0 aromatic heterocycles. The van der Waals surface area contributed by atoms with Crippen LogP contribution in [0.3, 0.4) is 0 Å². The van der Waals surface area contributed by atoms with Gasteiger partial charge in [0.1, 0.15) is 24.9 Å². The van der Waals surface area contributed by atoms with Crippen molar-refractivity contribution in [3.8, 4) is 0 Å². The lowest BCUT2D eigenvalue weighted by Crippen LogP contribution is -2.37. The van der Waals surface area contributed by atoms with E-state index in [1.807, 2.05) is 19.1 Å². The van der Waals surface area contributed by atoms with Gasteiger partial charge in [-0.15, -0.1) is 0 Å². The first-order valence-electron chi connectivity index (χ1n) is 7.29. The fourth-order valence-corrected chi connectivity index (χ4v) is 2.63. The van der Waals surface area contributed by atoms with Crippen molar-refractivity contribution in [2.24, 2.45) is 0 Å². The van der Waals surface area contributed by atoms with Gasteiger partial charge < -0.3 is 24.1 Å². The maximum atomic E-state index is 11.9. The second-order valence-electron chi connectivity index (χ2n) is 6.10. The van der Waals surface area contributed by atoms with Crippen LogP contribution in [-0.4, -0.2) is 48.1 Å². The van der Waals surface area contributed by atoms with Gasteiger partial charge >= 0.3 is 5.97 Å². The van der Waals surface area contributed by atoms with E-state index in [9.17, 15) is 9.90 Å². The summed E-state index contributed by atoms with van der Waals surface area (Å²) >= 11 is 0. The highest BCUT2D eigenvalue weighted by molar-refractivity contribution is 5.89. The lowest BCUT2D eigenvalue weighted by Gasteiger charge is -2.22. The average Bonchev–Trinajstić information content (AvgIpc) is 2.91. The van der Waals surface area contributed by atoms with Crippen LogP contribution in [0.4, 0.5) is 0 Å². The summed E-state index contributed by atoms with van der Waals surface area (Å²) in [5.41, 5.74) is 1.53. The lowest BCUT2D eigenvalue weighted by molar-refractivity contribution is -0.218. The maximum Gasteiger partial charge on any atom is 0.338 e. The number of ether oxygens (including phenoxy) is 4. The van der Waals surface area contributed by atoms with Crippen LogP contribution in [0.1, 0.15) is 29.8 Å². The lowest BCUT2D eigenvalue weighted by atomic mass is 10.1. The Balaban J connectivity index is 1.55. The quantitative estimate of drug-likeness (QED) is 0.851. The van der Waals surface area contributed by atoms with E-state index in [0.29, 0.717) is 5.56 Å². The number of hydrogen-bond acceptors (Lipinski definition) is 6. The smallest absolute Gasteiger partial charge is 0.338 e. The predicted molar refractivity (Wildman–Crippen MR) is 76.2 cm³/mol. The van der Waals surface area contributed by atoms with E-state index in [2.05, 4.69) is 0 Å². The molecule has 0 amide bonds. The Kier molecular flexibility index (Phi) is 3.94. The van der Waals surface area contributed by atoms with Crippen molar-refractivity contribution in [2.75, 3.05) is 6.61 Å². The third-order valence-corrected chi connectivity index (χ3v) is 3.78. The Morgan fingerprint density at radius 3 is 2.59 bits per heavy atom. The molecule has 2 aliphatic heterocycles. The van der Waals surface area contributed by atoms with E-state index < -0.39 is 36.4 Å². The molecule has 0 unspecified atom stereocenters. The van der Waals surface area contributed by atoms with Gasteiger partial charge in [-0.3, -0.25) is 0 Å². The predicted octanol–water partition coefficient (Wildman–Crippen LogP) is 1.39. The molecule has 0 radical (unpaired) electrons. The summed E-state index contributed by atoms with van der Waals surface area (Å²) < 4.78 is 21.9. The Bertz CT molecular complexity index is 552. The minimum atomic E-state index is -0.891. The molecule has 2 fully saturated rings. The summed E-state index contributed by atoms with van der Waals surface area (Å²) in [5.74, 6) is -1.23. The van der Waals surface area contributed by atoms with Gasteiger partial charge in [0.15, 0.2) is 12.1 Å². The Morgan fingerprint density at radius 2 is 1.95 bits per heavy atom. The first kappa shape index (κ1) is 15.4. The summed E-state index contributed by atoms with van der Waals surface area (Å²) in [6.07, 6.45) is -2.73. The van der Waals surface area contributed by atoms with Gasteiger partial charge in [-0.2, -0.15) is 0 Å². The van der Waals surface area contributed by atoms with Crippen LogP contribution in [0.2, 0.25) is 0 Å². The molecule has 0 bridgehead atoms. The molecular weight excluding hydrogens is 288 g/mol. The van der Waals surface area contributed by atoms with Crippen LogP contribution in [0.5, 0.6) is 0 Å². The first-order chi connectivity index (χ1) is 10.4. The van der Waals surface area contributed by atoms with E-state index in [0.717, 1.165) is 5.56 Å². The molecule has 2 heterocycles. The number of aliphatic hydroxyl groups is 1. The number of aliphatic hydroxyl groups excluding tert-OH is 1. The molecule has 6 heteroatoms. The number of rotatable bonds is 3. The van der Waals surface area contributed by atoms with Crippen molar-refractivity contribution in [1.29, 1.82) is 0 Å². The number of aryl methyl sites for hydroxylation is 1. The molecule has 22 heavy (non-hydrogen) atoms. The number of fused-ring (bicyclic) bond motifs is 1. The molecular formula is C16H20O6. The Labute approximate surface area is 128 Å². The maximum absolute atomic E-state index is 11.9. The normalized spacial score (nSPS) is 32.7. The molecule has 120 valence electrons. The summed E-state index contributed by atoms with van der Waals surface area (Å²) in [4.78, 5) is 11.9. The van der Waals surface area contributed by atoms with Crippen molar-refractivity contribution in [2.45, 2.75) is 51.2 Å². The van der Waals surface area contributed by atoms with Crippen LogP contribution < -0.4 is 0 Å². The van der Waals surface area contributed by atoms with Crippen LogP contribution in [-0.2, 0) is 18.9 Å². The van der Waals surface area contributed by atoms with E-state index in [1.54, 1.807) is 26.0 Å². The number of carbonyl (C=O) groups excluding carboxylic acids is 1. The SMILES string of the molecule is Cc1ccc(C(=O)OC[C@H]2O[C@@H]3OC(C)(C)O[C@@H]3[C@@H]2O)cc1. The van der Waals surface area contributed by atoms with Gasteiger partial charge in [0.05, 0.1) is 5.56 Å². The number of benzene rings is 1. The zero-order chi connectivity index (χ0) is 15.9. The largest absolute Gasteiger partial charge is 0.459 e. The van der Waals surface area contributed by atoms with E-state index in [-0.39, 0.29) is 6.61 Å². The highest BCUT2D eigenvalue weighted by atomic mass is 16.8. The molecule has 4 atom stereocenters. The van der Waals surface area contributed by atoms with Crippen molar-refractivity contribution >= 4 is 5.97 Å². The average molecular weight is 308 g/mol. The molecule has 3 rings (SSSR count). The molecule has 0 saturated carbocycles. The fourth-order valence-electron chi connectivity index (χ4n) is 2.63. The van der Waals surface area contributed by atoms with Gasteiger partial charge in [0.25, 0.3) is 0 Å². The summed E-state index contributed by atoms with van der Waals surface area (Å²) in [6.45, 7) is 5.41. The zero-order valence-electron chi connectivity index (χ0n) is 12.8. The summed E-state index contributed by atoms with van der Waals surface area (Å²) in [6, 6.07) is 7.08. The molecule has 1 N–H and O–H groups in total. The van der Waals surface area contributed by atoms with Crippen molar-refractivity contribution < 1.29 is 28.8 Å². The van der Waals surface area contributed by atoms with Gasteiger partial charge in [-0.05, 0) is 32.9 Å². The van der Waals surface area contributed by atoms with Gasteiger partial charge in [-0.1, -0.05) is 17.7 Å². The third kappa shape index (κ3) is 3.01. The Hall–Kier alpha value is -1.47. The molecule has 2 aliphatic rings. The monoisotopic (exact) mass is 308 g/mol. The second-order valence-corrected chi connectivity index (χ2v) is 6.10. The molecule has 6 nitrogen and oxygen atoms in total. The van der Waals surface area contributed by atoms with Gasteiger partial charge in [0.2, 0.25) is 0 Å². The molecule has 1 aromatic carbocycles. The first-order valence-corrected chi connectivity index (χ1v) is 7.29. The number of esters is 1. The van der Waals surface area contributed by atoms with Gasteiger partial charge in [-0.25, -0.2) is 4.79 Å². The zero-order valence-corrected chi connectivity index (χ0v) is 12.8. The highest BCUT2D eigenvalue weighted by Gasteiger charge is 2.54. The van der Waals surface area contributed by atoms with Crippen LogP contribution in [0, 0.1) is 6.92 Å². The highest BCUT2D eigenvalue weighted by Crippen LogP contribution is 2.37. The third-order valence-electron chi connectivity index (χ3n) is 3.78. The van der Waals surface area contributed by atoms with Crippen LogP contribution in [0.15, 0.2) is 24.3 Å². The number of hydrogen-bond donors (Lipinski definition) is 1. The van der Waals surface area contributed by atoms with Crippen LogP contribution >= 0.6 is 0 Å². The van der Waals surface area contributed by atoms with Crippen LogP contribution in [0.25, 0.3) is 0 Å². The summed E-state index contributed by atoms with van der Waals surface area (Å²) in [7, 11) is 0. The molecule has 2 saturated heterocycles. The van der Waals surface area contributed by atoms with E-state index >= 15 is 0 Å². The van der Waals surface area contributed by atoms with E-state index in [1.165, 1.54) is 0 Å². The minimum Gasteiger partial charge on any atom is -0.459 e. The topological polar surface area (TPSA) is 74.2 Å². The van der Waals surface area contributed by atoms with Crippen molar-refractivity contribution in [3.63, 3.8) is 0 Å². The fraction of sp³-hybridized carbons (Fsp3) is 0.562. The second kappa shape index (κ2) is 5.62. The molecule has 1 aromatic rings.